The highest BCUT2D eigenvalue weighted by Crippen LogP contribution is 2.36. The standard InChI is InChI=1S/C16H29N3O/c1-4-10-17-14-9-7-6-8-13(11-14)16-15(20-3)12-18-19(16)5-2/h12-14,17H,4-11H2,1-3H3. The minimum absolute atomic E-state index is 0.573. The van der Waals surface area contributed by atoms with Crippen LogP contribution >= 0.6 is 0 Å². The number of nitrogens with zero attached hydrogens (tertiary/aromatic N) is 2. The molecule has 0 bridgehead atoms. The Hall–Kier alpha value is -1.03. The summed E-state index contributed by atoms with van der Waals surface area (Å²) >= 11 is 0. The van der Waals surface area contributed by atoms with Crippen LogP contribution in [0.3, 0.4) is 0 Å². The van der Waals surface area contributed by atoms with E-state index in [1.54, 1.807) is 7.11 Å². The lowest BCUT2D eigenvalue weighted by molar-refractivity contribution is 0.384. The van der Waals surface area contributed by atoms with Crippen LogP contribution in [0.4, 0.5) is 0 Å². The van der Waals surface area contributed by atoms with Crippen molar-refractivity contribution in [1.29, 1.82) is 0 Å². The van der Waals surface area contributed by atoms with E-state index < -0.39 is 0 Å². The van der Waals surface area contributed by atoms with E-state index in [0.29, 0.717) is 12.0 Å². The molecule has 0 aliphatic heterocycles. The van der Waals surface area contributed by atoms with E-state index in [0.717, 1.165) is 18.8 Å². The van der Waals surface area contributed by atoms with E-state index in [1.807, 2.05) is 6.20 Å². The Balaban J connectivity index is 2.14. The van der Waals surface area contributed by atoms with Crippen LogP contribution in [-0.2, 0) is 6.54 Å². The van der Waals surface area contributed by atoms with E-state index in [2.05, 4.69) is 28.9 Å². The van der Waals surface area contributed by atoms with Gasteiger partial charge in [0.25, 0.3) is 0 Å². The third kappa shape index (κ3) is 3.54. The topological polar surface area (TPSA) is 39.1 Å². The molecular formula is C16H29N3O. The van der Waals surface area contributed by atoms with Crippen LogP contribution in [0.25, 0.3) is 0 Å². The number of nitrogens with one attached hydrogen (secondary N) is 1. The zero-order valence-corrected chi connectivity index (χ0v) is 13.2. The van der Waals surface area contributed by atoms with Crippen molar-refractivity contribution < 1.29 is 4.74 Å². The largest absolute Gasteiger partial charge is 0.493 e. The first-order valence-corrected chi connectivity index (χ1v) is 8.13. The van der Waals surface area contributed by atoms with Gasteiger partial charge in [-0.25, -0.2) is 0 Å². The fourth-order valence-corrected chi connectivity index (χ4v) is 3.34. The van der Waals surface area contributed by atoms with Crippen LogP contribution in [0.15, 0.2) is 6.20 Å². The van der Waals surface area contributed by atoms with Gasteiger partial charge in [-0.3, -0.25) is 4.68 Å². The van der Waals surface area contributed by atoms with Gasteiger partial charge in [-0.1, -0.05) is 19.8 Å². The van der Waals surface area contributed by atoms with E-state index in [1.165, 1.54) is 44.2 Å². The van der Waals surface area contributed by atoms with Crippen molar-refractivity contribution in [3.8, 4) is 5.75 Å². The lowest BCUT2D eigenvalue weighted by atomic mass is 9.94. The van der Waals surface area contributed by atoms with Crippen LogP contribution < -0.4 is 10.1 Å². The number of hydrogen-bond acceptors (Lipinski definition) is 3. The molecule has 0 saturated heterocycles. The van der Waals surface area contributed by atoms with Crippen molar-refractivity contribution in [3.05, 3.63) is 11.9 Å². The summed E-state index contributed by atoms with van der Waals surface area (Å²) in [5.74, 6) is 1.54. The molecule has 1 saturated carbocycles. The highest BCUT2D eigenvalue weighted by atomic mass is 16.5. The Morgan fingerprint density at radius 3 is 2.85 bits per heavy atom. The second-order valence-corrected chi connectivity index (χ2v) is 5.78. The number of aromatic nitrogens is 2. The van der Waals surface area contributed by atoms with E-state index in [4.69, 9.17) is 4.74 Å². The predicted octanol–water partition coefficient (Wildman–Crippen LogP) is 3.33. The van der Waals surface area contributed by atoms with Gasteiger partial charge in [0.2, 0.25) is 0 Å². The molecule has 4 heteroatoms. The molecule has 1 aliphatic carbocycles. The van der Waals surface area contributed by atoms with Gasteiger partial charge < -0.3 is 10.1 Å². The first kappa shape index (κ1) is 15.4. The molecule has 1 aromatic rings. The Labute approximate surface area is 122 Å². The minimum atomic E-state index is 0.573. The Kier molecular flexibility index (Phi) is 5.89. The summed E-state index contributed by atoms with van der Waals surface area (Å²) < 4.78 is 7.65. The molecule has 114 valence electrons. The molecule has 0 amide bonds. The Bertz CT molecular complexity index is 381. The molecule has 1 aromatic heterocycles. The second kappa shape index (κ2) is 7.67. The smallest absolute Gasteiger partial charge is 0.160 e. The van der Waals surface area contributed by atoms with Gasteiger partial charge in [-0.05, 0) is 39.2 Å². The van der Waals surface area contributed by atoms with Crippen LogP contribution in [0.1, 0.15) is 64.0 Å². The minimum Gasteiger partial charge on any atom is -0.493 e. The molecule has 0 radical (unpaired) electrons. The summed E-state index contributed by atoms with van der Waals surface area (Å²) in [4.78, 5) is 0. The molecule has 2 atom stereocenters. The molecule has 0 spiro atoms. The highest BCUT2D eigenvalue weighted by Gasteiger charge is 2.26. The Morgan fingerprint density at radius 2 is 2.15 bits per heavy atom. The third-order valence-corrected chi connectivity index (χ3v) is 4.36. The summed E-state index contributed by atoms with van der Waals surface area (Å²) in [7, 11) is 1.75. The maximum atomic E-state index is 5.53. The number of rotatable bonds is 6. The lowest BCUT2D eigenvalue weighted by Gasteiger charge is -2.22. The van der Waals surface area contributed by atoms with Crippen molar-refractivity contribution in [3.63, 3.8) is 0 Å². The second-order valence-electron chi connectivity index (χ2n) is 5.78. The predicted molar refractivity (Wildman–Crippen MR) is 82.4 cm³/mol. The molecule has 0 aromatic carbocycles. The monoisotopic (exact) mass is 279 g/mol. The molecule has 1 aliphatic rings. The molecule has 1 N–H and O–H groups in total. The van der Waals surface area contributed by atoms with Crippen LogP contribution in [0, 0.1) is 0 Å². The van der Waals surface area contributed by atoms with E-state index in [-0.39, 0.29) is 0 Å². The van der Waals surface area contributed by atoms with Crippen LogP contribution in [0.5, 0.6) is 5.75 Å². The van der Waals surface area contributed by atoms with Crippen molar-refractivity contribution >= 4 is 0 Å². The first-order chi connectivity index (χ1) is 9.80. The van der Waals surface area contributed by atoms with Gasteiger partial charge in [0.15, 0.2) is 5.75 Å². The molecule has 20 heavy (non-hydrogen) atoms. The summed E-state index contributed by atoms with van der Waals surface area (Å²) in [5.41, 5.74) is 1.31. The molecule has 1 fully saturated rings. The average Bonchev–Trinajstić information content (AvgIpc) is 2.76. The van der Waals surface area contributed by atoms with Gasteiger partial charge in [0.1, 0.15) is 0 Å². The van der Waals surface area contributed by atoms with E-state index >= 15 is 0 Å². The molecule has 4 nitrogen and oxygen atoms in total. The third-order valence-electron chi connectivity index (χ3n) is 4.36. The van der Waals surface area contributed by atoms with Gasteiger partial charge >= 0.3 is 0 Å². The zero-order valence-electron chi connectivity index (χ0n) is 13.2. The highest BCUT2D eigenvalue weighted by molar-refractivity contribution is 5.29. The summed E-state index contributed by atoms with van der Waals surface area (Å²) in [6.45, 7) is 6.43. The maximum Gasteiger partial charge on any atom is 0.160 e. The van der Waals surface area contributed by atoms with Crippen LogP contribution in [0.2, 0.25) is 0 Å². The quantitative estimate of drug-likeness (QED) is 0.812. The average molecular weight is 279 g/mol. The van der Waals surface area contributed by atoms with Gasteiger partial charge in [0.05, 0.1) is 19.0 Å². The maximum absolute atomic E-state index is 5.53. The van der Waals surface area contributed by atoms with Crippen LogP contribution in [-0.4, -0.2) is 29.5 Å². The fraction of sp³-hybridized carbons (Fsp3) is 0.812. The van der Waals surface area contributed by atoms with Gasteiger partial charge in [-0.2, -0.15) is 5.10 Å². The van der Waals surface area contributed by atoms with Crippen molar-refractivity contribution in [2.24, 2.45) is 0 Å². The number of aryl methyl sites for hydroxylation is 1. The first-order valence-electron chi connectivity index (χ1n) is 8.13. The summed E-state index contributed by atoms with van der Waals surface area (Å²) in [5, 5.41) is 8.18. The number of ether oxygens (including phenoxy) is 1. The SMILES string of the molecule is CCCNC1CCCCC(c2c(OC)cnn2CC)C1. The Morgan fingerprint density at radius 1 is 1.35 bits per heavy atom. The van der Waals surface area contributed by atoms with Gasteiger partial charge in [-0.15, -0.1) is 0 Å². The van der Waals surface area contributed by atoms with E-state index in [9.17, 15) is 0 Å². The lowest BCUT2D eigenvalue weighted by Crippen LogP contribution is -2.30. The molecule has 2 rings (SSSR count). The number of hydrogen-bond donors (Lipinski definition) is 1. The van der Waals surface area contributed by atoms with Crippen molar-refractivity contribution in [2.45, 2.75) is 70.9 Å². The summed E-state index contributed by atoms with van der Waals surface area (Å²) in [6, 6.07) is 0.646. The number of methoxy groups -OCH3 is 1. The van der Waals surface area contributed by atoms with Crippen molar-refractivity contribution in [1.82, 2.24) is 15.1 Å². The van der Waals surface area contributed by atoms with Crippen molar-refractivity contribution in [2.75, 3.05) is 13.7 Å². The normalized spacial score (nSPS) is 23.6. The molecular weight excluding hydrogens is 250 g/mol. The summed E-state index contributed by atoms with van der Waals surface area (Å²) in [6.07, 6.45) is 9.50. The molecule has 2 unspecified atom stereocenters. The molecule has 1 heterocycles. The zero-order chi connectivity index (χ0) is 14.4. The van der Waals surface area contributed by atoms with Gasteiger partial charge in [0, 0.05) is 18.5 Å². The fourth-order valence-electron chi connectivity index (χ4n) is 3.34.